The highest BCUT2D eigenvalue weighted by atomic mass is 32.2. The van der Waals surface area contributed by atoms with E-state index in [4.69, 9.17) is 0 Å². The normalized spacial score (nSPS) is 12.2. The number of methoxy groups -OCH3 is 1. The minimum absolute atomic E-state index is 0.131. The summed E-state index contributed by atoms with van der Waals surface area (Å²) in [4.78, 5) is 12.2. The molecule has 0 saturated carbocycles. The van der Waals surface area contributed by atoms with Crippen molar-refractivity contribution in [2.45, 2.75) is 30.7 Å². The zero-order valence-corrected chi connectivity index (χ0v) is 12.0. The third-order valence-corrected chi connectivity index (χ3v) is 3.89. The maximum atomic E-state index is 11.0. The van der Waals surface area contributed by atoms with E-state index >= 15 is 0 Å². The number of rotatable bonds is 7. The van der Waals surface area contributed by atoms with Crippen molar-refractivity contribution in [2.24, 2.45) is 0 Å². The fourth-order valence-electron chi connectivity index (χ4n) is 1.55. The number of nitrogens with one attached hydrogen (secondary N) is 1. The Hall–Kier alpha value is -1.00. The van der Waals surface area contributed by atoms with Crippen molar-refractivity contribution in [2.75, 3.05) is 19.9 Å². The Morgan fingerprint density at radius 2 is 2.28 bits per heavy atom. The molecule has 0 fully saturated rings. The summed E-state index contributed by atoms with van der Waals surface area (Å²) in [5, 5.41) is 3.23. The van der Waals surface area contributed by atoms with Gasteiger partial charge >= 0.3 is 5.97 Å². The molecule has 0 heterocycles. The van der Waals surface area contributed by atoms with Crippen LogP contribution in [0.3, 0.4) is 0 Å². The van der Waals surface area contributed by atoms with Gasteiger partial charge in [-0.15, -0.1) is 11.8 Å². The molecular formula is C14H21NO2S. The van der Waals surface area contributed by atoms with Gasteiger partial charge in [0.1, 0.15) is 0 Å². The molecule has 4 heteroatoms. The summed E-state index contributed by atoms with van der Waals surface area (Å²) < 4.78 is 4.61. The Balaban J connectivity index is 2.40. The quantitative estimate of drug-likeness (QED) is 0.468. The van der Waals surface area contributed by atoms with E-state index < -0.39 is 0 Å². The van der Waals surface area contributed by atoms with Crippen molar-refractivity contribution in [1.82, 2.24) is 5.32 Å². The molecule has 1 unspecified atom stereocenters. The van der Waals surface area contributed by atoms with Crippen LogP contribution < -0.4 is 5.32 Å². The fraction of sp³-hybridized carbons (Fsp3) is 0.500. The minimum Gasteiger partial charge on any atom is -0.469 e. The van der Waals surface area contributed by atoms with E-state index in [1.807, 2.05) is 7.05 Å². The summed E-state index contributed by atoms with van der Waals surface area (Å²) in [5.74, 6) is 0.806. The highest BCUT2D eigenvalue weighted by molar-refractivity contribution is 7.99. The molecule has 1 aromatic carbocycles. The van der Waals surface area contributed by atoms with Crippen LogP contribution in [0.1, 0.15) is 31.4 Å². The molecule has 0 bridgehead atoms. The van der Waals surface area contributed by atoms with Crippen LogP contribution in [0.2, 0.25) is 0 Å². The van der Waals surface area contributed by atoms with Crippen LogP contribution in [-0.2, 0) is 9.53 Å². The summed E-state index contributed by atoms with van der Waals surface area (Å²) in [6.45, 7) is 2.14. The number of carbonyl (C=O) groups is 1. The molecule has 0 spiro atoms. The largest absolute Gasteiger partial charge is 0.469 e. The van der Waals surface area contributed by atoms with Crippen molar-refractivity contribution >= 4 is 17.7 Å². The molecule has 18 heavy (non-hydrogen) atoms. The van der Waals surface area contributed by atoms with Gasteiger partial charge in [0.25, 0.3) is 0 Å². The summed E-state index contributed by atoms with van der Waals surface area (Å²) in [5.41, 5.74) is 1.29. The number of hydrogen-bond acceptors (Lipinski definition) is 4. The van der Waals surface area contributed by atoms with Crippen molar-refractivity contribution in [3.8, 4) is 0 Å². The molecule has 1 atom stereocenters. The summed E-state index contributed by atoms with van der Waals surface area (Å²) in [7, 11) is 3.39. The van der Waals surface area contributed by atoms with Crippen LogP contribution in [0.5, 0.6) is 0 Å². The average molecular weight is 267 g/mol. The first-order valence-electron chi connectivity index (χ1n) is 6.14. The molecule has 100 valence electrons. The Labute approximate surface area is 113 Å². The van der Waals surface area contributed by atoms with Crippen molar-refractivity contribution in [3.05, 3.63) is 29.8 Å². The van der Waals surface area contributed by atoms with Gasteiger partial charge in [0.2, 0.25) is 0 Å². The van der Waals surface area contributed by atoms with E-state index in [9.17, 15) is 4.79 Å². The Morgan fingerprint density at radius 3 is 2.94 bits per heavy atom. The zero-order valence-electron chi connectivity index (χ0n) is 11.2. The zero-order chi connectivity index (χ0) is 13.4. The molecule has 0 aromatic heterocycles. The lowest BCUT2D eigenvalue weighted by molar-refractivity contribution is -0.140. The lowest BCUT2D eigenvalue weighted by atomic mass is 10.1. The van der Waals surface area contributed by atoms with Crippen LogP contribution in [0.4, 0.5) is 0 Å². The van der Waals surface area contributed by atoms with Gasteiger partial charge in [-0.05, 0) is 43.8 Å². The predicted molar refractivity (Wildman–Crippen MR) is 75.9 cm³/mol. The van der Waals surface area contributed by atoms with E-state index in [1.54, 1.807) is 11.8 Å². The number of benzene rings is 1. The van der Waals surface area contributed by atoms with Gasteiger partial charge in [-0.1, -0.05) is 12.1 Å². The minimum atomic E-state index is -0.131. The standard InChI is InChI=1S/C14H21NO2S/c1-11(15-2)12-6-4-7-13(10-12)18-9-5-8-14(16)17-3/h4,6-7,10-11,15H,5,8-9H2,1-3H3. The maximum absolute atomic E-state index is 11.0. The number of ether oxygens (including phenoxy) is 1. The van der Waals surface area contributed by atoms with Crippen LogP contribution in [0.25, 0.3) is 0 Å². The Morgan fingerprint density at radius 1 is 1.50 bits per heavy atom. The fourth-order valence-corrected chi connectivity index (χ4v) is 2.47. The van der Waals surface area contributed by atoms with Gasteiger partial charge in [-0.3, -0.25) is 4.79 Å². The molecule has 0 aliphatic rings. The molecule has 0 amide bonds. The first-order chi connectivity index (χ1) is 8.67. The summed E-state index contributed by atoms with van der Waals surface area (Å²) >= 11 is 1.78. The monoisotopic (exact) mass is 267 g/mol. The smallest absolute Gasteiger partial charge is 0.305 e. The Kier molecular flexibility index (Phi) is 6.83. The molecule has 0 radical (unpaired) electrons. The molecule has 1 rings (SSSR count). The van der Waals surface area contributed by atoms with Crippen molar-refractivity contribution < 1.29 is 9.53 Å². The lowest BCUT2D eigenvalue weighted by Crippen LogP contribution is -2.12. The molecule has 0 saturated heterocycles. The third-order valence-electron chi connectivity index (χ3n) is 2.81. The molecule has 0 aliphatic heterocycles. The van der Waals surface area contributed by atoms with Crippen LogP contribution in [0.15, 0.2) is 29.2 Å². The van der Waals surface area contributed by atoms with Gasteiger partial charge < -0.3 is 10.1 Å². The van der Waals surface area contributed by atoms with Gasteiger partial charge in [0.05, 0.1) is 7.11 Å². The van der Waals surface area contributed by atoms with Crippen LogP contribution in [-0.4, -0.2) is 25.9 Å². The van der Waals surface area contributed by atoms with Crippen LogP contribution in [0, 0.1) is 0 Å². The number of carbonyl (C=O) groups excluding carboxylic acids is 1. The SMILES string of the molecule is CNC(C)c1cccc(SCCCC(=O)OC)c1. The number of hydrogen-bond donors (Lipinski definition) is 1. The number of esters is 1. The summed E-state index contributed by atoms with van der Waals surface area (Å²) in [6.07, 6.45) is 1.35. The van der Waals surface area contributed by atoms with Gasteiger partial charge in [-0.2, -0.15) is 0 Å². The third kappa shape index (κ3) is 5.10. The second-order valence-electron chi connectivity index (χ2n) is 4.11. The molecule has 1 N–H and O–H groups in total. The van der Waals surface area contributed by atoms with Crippen LogP contribution >= 0.6 is 11.8 Å². The molecule has 1 aromatic rings. The highest BCUT2D eigenvalue weighted by Gasteiger charge is 2.04. The second kappa shape index (κ2) is 8.16. The van der Waals surface area contributed by atoms with Gasteiger partial charge in [-0.25, -0.2) is 0 Å². The number of thioether (sulfide) groups is 1. The molecular weight excluding hydrogens is 246 g/mol. The molecule has 3 nitrogen and oxygen atoms in total. The first kappa shape index (κ1) is 15.1. The van der Waals surface area contributed by atoms with E-state index in [0.717, 1.165) is 12.2 Å². The van der Waals surface area contributed by atoms with E-state index in [-0.39, 0.29) is 5.97 Å². The average Bonchev–Trinajstić information content (AvgIpc) is 2.42. The van der Waals surface area contributed by atoms with E-state index in [2.05, 4.69) is 41.2 Å². The van der Waals surface area contributed by atoms with E-state index in [1.165, 1.54) is 17.6 Å². The van der Waals surface area contributed by atoms with Crippen molar-refractivity contribution in [3.63, 3.8) is 0 Å². The molecule has 0 aliphatic carbocycles. The van der Waals surface area contributed by atoms with Gasteiger partial charge in [0, 0.05) is 17.4 Å². The Bertz CT molecular complexity index is 382. The van der Waals surface area contributed by atoms with E-state index in [0.29, 0.717) is 12.5 Å². The second-order valence-corrected chi connectivity index (χ2v) is 5.28. The predicted octanol–water partition coefficient (Wildman–Crippen LogP) is 3.01. The van der Waals surface area contributed by atoms with Gasteiger partial charge in [0.15, 0.2) is 0 Å². The summed E-state index contributed by atoms with van der Waals surface area (Å²) in [6, 6.07) is 8.87. The lowest BCUT2D eigenvalue weighted by Gasteiger charge is -2.11. The topological polar surface area (TPSA) is 38.3 Å². The van der Waals surface area contributed by atoms with Crippen molar-refractivity contribution in [1.29, 1.82) is 0 Å². The maximum Gasteiger partial charge on any atom is 0.305 e. The first-order valence-corrected chi connectivity index (χ1v) is 7.12. The highest BCUT2D eigenvalue weighted by Crippen LogP contribution is 2.23.